The number of carbonyl (C=O) groups excluding carboxylic acids is 2. The quantitative estimate of drug-likeness (QED) is 0.524. The maximum atomic E-state index is 12.1. The molecule has 0 rings (SSSR count). The standard InChI is InChI=1S/C14H26N2O4S/c1-9(2)7-11(17)16-13(10(3)4)14(20)15-5-6-21-8-12(18)19/h9-10,13H,5-8H2,1-4H3,(H,15,20)(H,16,17)(H,18,19). The maximum Gasteiger partial charge on any atom is 0.313 e. The van der Waals surface area contributed by atoms with Crippen LogP contribution in [0.15, 0.2) is 0 Å². The Kier molecular flexibility index (Phi) is 9.86. The molecule has 122 valence electrons. The summed E-state index contributed by atoms with van der Waals surface area (Å²) in [6, 6.07) is -0.555. The van der Waals surface area contributed by atoms with Crippen LogP contribution in [0.3, 0.4) is 0 Å². The molecule has 0 aromatic heterocycles. The zero-order chi connectivity index (χ0) is 16.4. The van der Waals surface area contributed by atoms with E-state index in [2.05, 4.69) is 10.6 Å². The smallest absolute Gasteiger partial charge is 0.313 e. The lowest BCUT2D eigenvalue weighted by Gasteiger charge is -2.22. The Labute approximate surface area is 130 Å². The Morgan fingerprint density at radius 3 is 2.24 bits per heavy atom. The SMILES string of the molecule is CC(C)CC(=O)NC(C(=O)NCCSCC(=O)O)C(C)C. The Balaban J connectivity index is 4.18. The van der Waals surface area contributed by atoms with Gasteiger partial charge in [0.25, 0.3) is 0 Å². The normalized spacial score (nSPS) is 12.3. The molecule has 1 unspecified atom stereocenters. The Morgan fingerprint density at radius 2 is 1.76 bits per heavy atom. The summed E-state index contributed by atoms with van der Waals surface area (Å²) < 4.78 is 0. The average molecular weight is 318 g/mol. The van der Waals surface area contributed by atoms with Gasteiger partial charge in [-0.15, -0.1) is 11.8 Å². The molecule has 0 bridgehead atoms. The van der Waals surface area contributed by atoms with Gasteiger partial charge in [0.05, 0.1) is 5.75 Å². The fourth-order valence-electron chi connectivity index (χ4n) is 1.65. The van der Waals surface area contributed by atoms with Crippen LogP contribution in [0.4, 0.5) is 0 Å². The van der Waals surface area contributed by atoms with Crippen LogP contribution < -0.4 is 10.6 Å². The molecule has 21 heavy (non-hydrogen) atoms. The predicted octanol–water partition coefficient (Wildman–Crippen LogP) is 1.11. The molecule has 0 aromatic rings. The Bertz CT molecular complexity index is 359. The van der Waals surface area contributed by atoms with E-state index in [0.29, 0.717) is 18.7 Å². The van der Waals surface area contributed by atoms with Crippen molar-refractivity contribution >= 4 is 29.5 Å². The monoisotopic (exact) mass is 318 g/mol. The highest BCUT2D eigenvalue weighted by Gasteiger charge is 2.23. The zero-order valence-electron chi connectivity index (χ0n) is 13.1. The summed E-state index contributed by atoms with van der Waals surface area (Å²) in [5.74, 6) is -0.428. The molecule has 0 aliphatic rings. The second-order valence-electron chi connectivity index (χ2n) is 5.62. The highest BCUT2D eigenvalue weighted by Crippen LogP contribution is 2.05. The minimum absolute atomic E-state index is 0.00668. The lowest BCUT2D eigenvalue weighted by molar-refractivity contribution is -0.134. The van der Waals surface area contributed by atoms with Crippen LogP contribution >= 0.6 is 11.8 Å². The van der Waals surface area contributed by atoms with Crippen molar-refractivity contribution in [3.63, 3.8) is 0 Å². The van der Waals surface area contributed by atoms with Crippen LogP contribution in [-0.2, 0) is 14.4 Å². The summed E-state index contributed by atoms with van der Waals surface area (Å²) in [5.41, 5.74) is 0. The van der Waals surface area contributed by atoms with Crippen molar-refractivity contribution in [3.05, 3.63) is 0 Å². The van der Waals surface area contributed by atoms with Crippen molar-refractivity contribution in [3.8, 4) is 0 Å². The van der Waals surface area contributed by atoms with Crippen molar-refractivity contribution in [2.75, 3.05) is 18.1 Å². The molecule has 0 saturated heterocycles. The molecule has 0 spiro atoms. The molecule has 3 N–H and O–H groups in total. The minimum atomic E-state index is -0.868. The van der Waals surface area contributed by atoms with Crippen molar-refractivity contribution < 1.29 is 19.5 Å². The zero-order valence-corrected chi connectivity index (χ0v) is 14.0. The van der Waals surface area contributed by atoms with E-state index in [4.69, 9.17) is 5.11 Å². The van der Waals surface area contributed by atoms with Crippen LogP contribution in [0.25, 0.3) is 0 Å². The highest BCUT2D eigenvalue weighted by atomic mass is 32.2. The molecular weight excluding hydrogens is 292 g/mol. The first-order valence-electron chi connectivity index (χ1n) is 7.10. The van der Waals surface area contributed by atoms with E-state index in [1.807, 2.05) is 27.7 Å². The van der Waals surface area contributed by atoms with Gasteiger partial charge in [0, 0.05) is 18.7 Å². The number of nitrogens with one attached hydrogen (secondary N) is 2. The molecule has 0 heterocycles. The second kappa shape index (κ2) is 10.5. The lowest BCUT2D eigenvalue weighted by Crippen LogP contribution is -2.50. The summed E-state index contributed by atoms with van der Waals surface area (Å²) in [7, 11) is 0. The fraction of sp³-hybridized carbons (Fsp3) is 0.786. The van der Waals surface area contributed by atoms with E-state index in [9.17, 15) is 14.4 Å². The third kappa shape index (κ3) is 10.2. The topological polar surface area (TPSA) is 95.5 Å². The maximum absolute atomic E-state index is 12.1. The van der Waals surface area contributed by atoms with Crippen molar-refractivity contribution in [1.82, 2.24) is 10.6 Å². The summed E-state index contributed by atoms with van der Waals surface area (Å²) in [6.45, 7) is 8.03. The van der Waals surface area contributed by atoms with Gasteiger partial charge in [-0.25, -0.2) is 0 Å². The van der Waals surface area contributed by atoms with E-state index in [1.54, 1.807) is 0 Å². The molecule has 1 atom stereocenters. The van der Waals surface area contributed by atoms with Gasteiger partial charge in [0.1, 0.15) is 6.04 Å². The van der Waals surface area contributed by atoms with Gasteiger partial charge in [-0.05, 0) is 11.8 Å². The number of carboxylic acids is 1. The molecular formula is C14H26N2O4S. The number of rotatable bonds is 10. The van der Waals surface area contributed by atoms with E-state index in [1.165, 1.54) is 11.8 Å². The molecule has 2 amide bonds. The molecule has 7 heteroatoms. The number of thioether (sulfide) groups is 1. The van der Waals surface area contributed by atoms with Gasteiger partial charge in [0.2, 0.25) is 11.8 Å². The first-order valence-corrected chi connectivity index (χ1v) is 8.26. The van der Waals surface area contributed by atoms with E-state index in [0.717, 1.165) is 0 Å². The number of carbonyl (C=O) groups is 3. The molecule has 6 nitrogen and oxygen atoms in total. The molecule has 0 aromatic carbocycles. The van der Waals surface area contributed by atoms with E-state index >= 15 is 0 Å². The lowest BCUT2D eigenvalue weighted by atomic mass is 10.0. The summed E-state index contributed by atoms with van der Waals surface area (Å²) in [4.78, 5) is 34.2. The number of hydrogen-bond acceptors (Lipinski definition) is 4. The summed E-state index contributed by atoms with van der Waals surface area (Å²) >= 11 is 1.24. The third-order valence-electron chi connectivity index (χ3n) is 2.63. The van der Waals surface area contributed by atoms with Crippen molar-refractivity contribution in [2.24, 2.45) is 11.8 Å². The predicted molar refractivity (Wildman–Crippen MR) is 84.2 cm³/mol. The number of aliphatic carboxylic acids is 1. The summed E-state index contributed by atoms with van der Waals surface area (Å²) in [5, 5.41) is 14.0. The third-order valence-corrected chi connectivity index (χ3v) is 3.57. The number of hydrogen-bond donors (Lipinski definition) is 3. The molecule has 0 aliphatic carbocycles. The first kappa shape index (κ1) is 19.8. The van der Waals surface area contributed by atoms with Gasteiger partial charge in [-0.1, -0.05) is 27.7 Å². The van der Waals surface area contributed by atoms with Crippen molar-refractivity contribution in [2.45, 2.75) is 40.2 Å². The molecule has 0 saturated carbocycles. The minimum Gasteiger partial charge on any atom is -0.481 e. The van der Waals surface area contributed by atoms with Crippen LogP contribution in [0.2, 0.25) is 0 Å². The van der Waals surface area contributed by atoms with Gasteiger partial charge >= 0.3 is 5.97 Å². The first-order chi connectivity index (χ1) is 9.73. The molecule has 0 radical (unpaired) electrons. The van der Waals surface area contributed by atoms with Crippen LogP contribution in [0.5, 0.6) is 0 Å². The van der Waals surface area contributed by atoms with E-state index in [-0.39, 0.29) is 29.4 Å². The average Bonchev–Trinajstić information content (AvgIpc) is 2.33. The summed E-state index contributed by atoms with van der Waals surface area (Å²) in [6.07, 6.45) is 0.394. The van der Waals surface area contributed by atoms with Crippen molar-refractivity contribution in [1.29, 1.82) is 0 Å². The van der Waals surface area contributed by atoms with Gasteiger partial charge in [-0.2, -0.15) is 0 Å². The fourth-order valence-corrected chi connectivity index (χ4v) is 2.22. The molecule has 0 fully saturated rings. The number of carboxylic acid groups (broad SMARTS) is 1. The van der Waals surface area contributed by atoms with Gasteiger partial charge in [0.15, 0.2) is 0 Å². The highest BCUT2D eigenvalue weighted by molar-refractivity contribution is 7.99. The Morgan fingerprint density at radius 1 is 1.14 bits per heavy atom. The van der Waals surface area contributed by atoms with E-state index < -0.39 is 12.0 Å². The largest absolute Gasteiger partial charge is 0.481 e. The number of amides is 2. The van der Waals surface area contributed by atoms with Gasteiger partial charge in [-0.3, -0.25) is 14.4 Å². The molecule has 0 aliphatic heterocycles. The Hall–Kier alpha value is -1.24. The van der Waals surface area contributed by atoms with Crippen LogP contribution in [0, 0.1) is 11.8 Å². The second-order valence-corrected chi connectivity index (χ2v) is 6.73. The van der Waals surface area contributed by atoms with Gasteiger partial charge < -0.3 is 15.7 Å². The van der Waals surface area contributed by atoms with Crippen LogP contribution in [0.1, 0.15) is 34.1 Å². The van der Waals surface area contributed by atoms with Crippen LogP contribution in [-0.4, -0.2) is 47.0 Å².